The lowest BCUT2D eigenvalue weighted by Crippen LogP contribution is -2.18. The van der Waals surface area contributed by atoms with Gasteiger partial charge in [-0.1, -0.05) is 0 Å². The van der Waals surface area contributed by atoms with Crippen molar-refractivity contribution in [1.82, 2.24) is 0 Å². The lowest BCUT2D eigenvalue weighted by molar-refractivity contribution is 0.0599. The first kappa shape index (κ1) is 10.2. The molecule has 0 aliphatic heterocycles. The molecule has 1 aliphatic rings. The van der Waals surface area contributed by atoms with E-state index in [1.807, 2.05) is 0 Å². The number of carbonyl (C=O) groups excluding carboxylic acids is 1. The zero-order valence-electron chi connectivity index (χ0n) is 9.00. The van der Waals surface area contributed by atoms with Gasteiger partial charge in [-0.15, -0.1) is 0 Å². The minimum Gasteiger partial charge on any atom is -0.465 e. The Morgan fingerprint density at radius 2 is 2.33 bits per heavy atom. The Hall–Kier alpha value is -1.29. The van der Waals surface area contributed by atoms with Crippen molar-refractivity contribution < 1.29 is 13.9 Å². The van der Waals surface area contributed by atoms with E-state index in [1.54, 1.807) is 13.0 Å². The number of ether oxygens (including phenoxy) is 1. The van der Waals surface area contributed by atoms with Gasteiger partial charge in [-0.2, -0.15) is 0 Å². The van der Waals surface area contributed by atoms with Crippen LogP contribution in [0.15, 0.2) is 10.5 Å². The molecule has 15 heavy (non-hydrogen) atoms. The van der Waals surface area contributed by atoms with Crippen molar-refractivity contribution in [3.8, 4) is 0 Å². The van der Waals surface area contributed by atoms with Crippen LogP contribution in [-0.4, -0.2) is 19.6 Å². The summed E-state index contributed by atoms with van der Waals surface area (Å²) in [5, 5.41) is 0. The van der Waals surface area contributed by atoms with Gasteiger partial charge in [0.1, 0.15) is 17.1 Å². The average molecular weight is 209 g/mol. The number of rotatable bonds is 3. The molecular formula is C11H15NO3. The summed E-state index contributed by atoms with van der Waals surface area (Å²) in [5.74, 6) is 1.08. The van der Waals surface area contributed by atoms with E-state index in [1.165, 1.54) is 7.11 Å². The van der Waals surface area contributed by atoms with Gasteiger partial charge in [0, 0.05) is 12.0 Å². The fourth-order valence-electron chi connectivity index (χ4n) is 1.76. The van der Waals surface area contributed by atoms with Crippen LogP contribution in [0.1, 0.15) is 34.7 Å². The number of furan rings is 1. The molecule has 0 atom stereocenters. The first-order chi connectivity index (χ1) is 7.13. The highest BCUT2D eigenvalue weighted by molar-refractivity contribution is 5.90. The van der Waals surface area contributed by atoms with Gasteiger partial charge < -0.3 is 14.9 Å². The Morgan fingerprint density at radius 1 is 1.67 bits per heavy atom. The van der Waals surface area contributed by atoms with Crippen molar-refractivity contribution in [2.75, 3.05) is 13.7 Å². The molecule has 2 rings (SSSR count). The van der Waals surface area contributed by atoms with E-state index >= 15 is 0 Å². The van der Waals surface area contributed by atoms with E-state index in [9.17, 15) is 4.79 Å². The largest absolute Gasteiger partial charge is 0.465 e. The molecule has 4 nitrogen and oxygen atoms in total. The van der Waals surface area contributed by atoms with Crippen LogP contribution in [0.3, 0.4) is 0 Å². The van der Waals surface area contributed by atoms with Crippen LogP contribution < -0.4 is 5.73 Å². The second-order valence-corrected chi connectivity index (χ2v) is 4.06. The van der Waals surface area contributed by atoms with Crippen LogP contribution in [0, 0.1) is 6.92 Å². The first-order valence-corrected chi connectivity index (χ1v) is 5.02. The fraction of sp³-hybridized carbons (Fsp3) is 0.545. The summed E-state index contributed by atoms with van der Waals surface area (Å²) in [7, 11) is 1.37. The number of esters is 1. The summed E-state index contributed by atoms with van der Waals surface area (Å²) in [5.41, 5.74) is 6.18. The second kappa shape index (κ2) is 3.38. The Labute approximate surface area is 88.4 Å². The predicted octanol–water partition coefficient (Wildman–Crippen LogP) is 1.36. The van der Waals surface area contributed by atoms with Crippen LogP contribution in [0.25, 0.3) is 0 Å². The maximum atomic E-state index is 11.4. The standard InChI is InChI=1S/C11H15NO3/c1-7-8(10(13)14-2)5-9(15-7)11(6-12)3-4-11/h5H,3-4,6,12H2,1-2H3. The molecule has 0 spiro atoms. The van der Waals surface area contributed by atoms with E-state index < -0.39 is 0 Å². The summed E-state index contributed by atoms with van der Waals surface area (Å²) in [6.45, 7) is 2.34. The van der Waals surface area contributed by atoms with Crippen LogP contribution >= 0.6 is 0 Å². The Balaban J connectivity index is 2.33. The number of carbonyl (C=O) groups is 1. The van der Waals surface area contributed by atoms with Gasteiger partial charge in [-0.25, -0.2) is 4.79 Å². The molecule has 0 aromatic carbocycles. The molecule has 0 unspecified atom stereocenters. The van der Waals surface area contributed by atoms with Crippen molar-refractivity contribution >= 4 is 5.97 Å². The molecule has 0 bridgehead atoms. The van der Waals surface area contributed by atoms with E-state index in [4.69, 9.17) is 10.2 Å². The highest BCUT2D eigenvalue weighted by atomic mass is 16.5. The summed E-state index contributed by atoms with van der Waals surface area (Å²) in [6, 6.07) is 1.76. The van der Waals surface area contributed by atoms with Crippen molar-refractivity contribution in [2.45, 2.75) is 25.2 Å². The molecule has 0 saturated heterocycles. The summed E-state index contributed by atoms with van der Waals surface area (Å²) < 4.78 is 10.2. The van der Waals surface area contributed by atoms with Gasteiger partial charge in [-0.3, -0.25) is 0 Å². The van der Waals surface area contributed by atoms with Gasteiger partial charge in [-0.05, 0) is 25.8 Å². The Morgan fingerprint density at radius 3 is 2.80 bits per heavy atom. The lowest BCUT2D eigenvalue weighted by atomic mass is 10.0. The molecule has 1 aliphatic carbocycles. The number of methoxy groups -OCH3 is 1. The molecule has 4 heteroatoms. The third-order valence-electron chi connectivity index (χ3n) is 3.09. The molecule has 2 N–H and O–H groups in total. The van der Waals surface area contributed by atoms with E-state index in [2.05, 4.69) is 4.74 Å². The van der Waals surface area contributed by atoms with Crippen LogP contribution in [0.5, 0.6) is 0 Å². The van der Waals surface area contributed by atoms with Gasteiger partial charge in [0.25, 0.3) is 0 Å². The molecule has 1 aromatic heterocycles. The van der Waals surface area contributed by atoms with Gasteiger partial charge in [0.2, 0.25) is 0 Å². The van der Waals surface area contributed by atoms with Crippen molar-refractivity contribution in [3.63, 3.8) is 0 Å². The highest BCUT2D eigenvalue weighted by Crippen LogP contribution is 2.48. The minimum atomic E-state index is -0.352. The molecule has 1 aromatic rings. The number of aryl methyl sites for hydroxylation is 1. The number of hydrogen-bond acceptors (Lipinski definition) is 4. The molecule has 0 radical (unpaired) electrons. The minimum absolute atomic E-state index is 0.0168. The molecule has 1 heterocycles. The van der Waals surface area contributed by atoms with E-state index in [0.29, 0.717) is 17.9 Å². The summed E-state index contributed by atoms with van der Waals surface area (Å²) in [4.78, 5) is 11.4. The zero-order chi connectivity index (χ0) is 11.1. The van der Waals surface area contributed by atoms with Crippen molar-refractivity contribution in [2.24, 2.45) is 5.73 Å². The third kappa shape index (κ3) is 1.55. The summed E-state index contributed by atoms with van der Waals surface area (Å²) in [6.07, 6.45) is 2.08. The number of nitrogens with two attached hydrogens (primary N) is 1. The number of hydrogen-bond donors (Lipinski definition) is 1. The fourth-order valence-corrected chi connectivity index (χ4v) is 1.76. The van der Waals surface area contributed by atoms with Gasteiger partial charge in [0.05, 0.1) is 7.11 Å². The maximum Gasteiger partial charge on any atom is 0.341 e. The monoisotopic (exact) mass is 209 g/mol. The van der Waals surface area contributed by atoms with Crippen LogP contribution in [0.2, 0.25) is 0 Å². The van der Waals surface area contributed by atoms with Crippen LogP contribution in [0.4, 0.5) is 0 Å². The Bertz CT molecular complexity index is 391. The first-order valence-electron chi connectivity index (χ1n) is 5.02. The van der Waals surface area contributed by atoms with Gasteiger partial charge >= 0.3 is 5.97 Å². The third-order valence-corrected chi connectivity index (χ3v) is 3.09. The molecule has 0 amide bonds. The zero-order valence-corrected chi connectivity index (χ0v) is 9.00. The summed E-state index contributed by atoms with van der Waals surface area (Å²) >= 11 is 0. The molecule has 82 valence electrons. The quantitative estimate of drug-likeness (QED) is 0.763. The molecular weight excluding hydrogens is 194 g/mol. The lowest BCUT2D eigenvalue weighted by Gasteiger charge is -2.06. The van der Waals surface area contributed by atoms with Crippen LogP contribution in [-0.2, 0) is 10.2 Å². The normalized spacial score (nSPS) is 17.5. The smallest absolute Gasteiger partial charge is 0.341 e. The molecule has 1 saturated carbocycles. The SMILES string of the molecule is COC(=O)c1cc(C2(CN)CC2)oc1C. The molecule has 1 fully saturated rings. The second-order valence-electron chi connectivity index (χ2n) is 4.06. The Kier molecular flexibility index (Phi) is 2.31. The topological polar surface area (TPSA) is 65.5 Å². The van der Waals surface area contributed by atoms with E-state index in [0.717, 1.165) is 18.6 Å². The predicted molar refractivity (Wildman–Crippen MR) is 54.8 cm³/mol. The van der Waals surface area contributed by atoms with E-state index in [-0.39, 0.29) is 11.4 Å². The average Bonchev–Trinajstić information content (AvgIpc) is 2.96. The van der Waals surface area contributed by atoms with Crippen molar-refractivity contribution in [1.29, 1.82) is 0 Å². The maximum absolute atomic E-state index is 11.4. The van der Waals surface area contributed by atoms with Gasteiger partial charge in [0.15, 0.2) is 0 Å². The highest BCUT2D eigenvalue weighted by Gasteiger charge is 2.46. The van der Waals surface area contributed by atoms with Crippen molar-refractivity contribution in [3.05, 3.63) is 23.2 Å².